The predicted octanol–water partition coefficient (Wildman–Crippen LogP) is 3.43. The second-order valence-corrected chi connectivity index (χ2v) is 5.81. The van der Waals surface area contributed by atoms with Gasteiger partial charge >= 0.3 is 0 Å². The number of benzene rings is 1. The van der Waals surface area contributed by atoms with Gasteiger partial charge in [0.2, 0.25) is 0 Å². The molecular formula is C15H16F2N2OS. The Kier molecular flexibility index (Phi) is 5.14. The Hall–Kier alpha value is -1.66. The fraction of sp³-hybridized carbons (Fsp3) is 0.333. The van der Waals surface area contributed by atoms with Gasteiger partial charge in [0.25, 0.3) is 0 Å². The molecule has 6 heteroatoms. The molecule has 0 unspecified atom stereocenters. The van der Waals surface area contributed by atoms with E-state index in [1.165, 1.54) is 12.1 Å². The number of aromatic nitrogens is 1. The molecule has 0 saturated heterocycles. The Morgan fingerprint density at radius 3 is 2.81 bits per heavy atom. The number of rotatable bonds is 6. The highest BCUT2D eigenvalue weighted by atomic mass is 32.1. The fourth-order valence-electron chi connectivity index (χ4n) is 1.95. The van der Waals surface area contributed by atoms with Crippen LogP contribution < -0.4 is 0 Å². The van der Waals surface area contributed by atoms with Gasteiger partial charge in [-0.1, -0.05) is 6.07 Å². The number of hydrogen-bond donors (Lipinski definition) is 0. The minimum Gasteiger partial charge on any atom is -0.301 e. The molecule has 1 heterocycles. The van der Waals surface area contributed by atoms with Crippen LogP contribution in [0.3, 0.4) is 0 Å². The molecule has 0 fully saturated rings. The van der Waals surface area contributed by atoms with Crippen LogP contribution in [-0.2, 0) is 6.54 Å². The third-order valence-corrected chi connectivity index (χ3v) is 4.15. The standard InChI is InChI=1S/C15H16F2N2OS/c1-10-14(21-9-18-10)8-19(2)7-6-13(20)11-4-3-5-12(16)15(11)17/h3-5,9H,6-8H2,1-2H3. The lowest BCUT2D eigenvalue weighted by Crippen LogP contribution is -2.21. The van der Waals surface area contributed by atoms with Crippen molar-refractivity contribution in [2.75, 3.05) is 13.6 Å². The summed E-state index contributed by atoms with van der Waals surface area (Å²) in [6, 6.07) is 3.66. The van der Waals surface area contributed by atoms with Crippen molar-refractivity contribution in [3.63, 3.8) is 0 Å². The molecule has 0 radical (unpaired) electrons. The topological polar surface area (TPSA) is 33.2 Å². The first kappa shape index (κ1) is 15.7. The van der Waals surface area contributed by atoms with Crippen molar-refractivity contribution in [3.8, 4) is 0 Å². The van der Waals surface area contributed by atoms with Crippen LogP contribution in [-0.4, -0.2) is 29.3 Å². The molecule has 0 saturated carbocycles. The van der Waals surface area contributed by atoms with Crippen molar-refractivity contribution < 1.29 is 13.6 Å². The first-order valence-corrected chi connectivity index (χ1v) is 7.41. The molecule has 0 atom stereocenters. The zero-order valence-electron chi connectivity index (χ0n) is 11.9. The van der Waals surface area contributed by atoms with Gasteiger partial charge in [0.15, 0.2) is 17.4 Å². The Morgan fingerprint density at radius 2 is 2.14 bits per heavy atom. The molecule has 1 aromatic heterocycles. The van der Waals surface area contributed by atoms with Gasteiger partial charge in [-0.05, 0) is 26.1 Å². The zero-order valence-corrected chi connectivity index (χ0v) is 12.7. The SMILES string of the molecule is Cc1ncsc1CN(C)CCC(=O)c1cccc(F)c1F. The maximum Gasteiger partial charge on any atom is 0.169 e. The molecule has 0 aliphatic heterocycles. The average Bonchev–Trinajstić information content (AvgIpc) is 2.84. The van der Waals surface area contributed by atoms with Crippen LogP contribution in [0.15, 0.2) is 23.7 Å². The van der Waals surface area contributed by atoms with E-state index >= 15 is 0 Å². The molecule has 3 nitrogen and oxygen atoms in total. The number of Topliss-reactive ketones (excluding diaryl/α,β-unsaturated/α-hetero) is 1. The van der Waals surface area contributed by atoms with E-state index in [2.05, 4.69) is 4.98 Å². The lowest BCUT2D eigenvalue weighted by atomic mass is 10.1. The van der Waals surface area contributed by atoms with Gasteiger partial charge in [0, 0.05) is 24.4 Å². The second kappa shape index (κ2) is 6.87. The van der Waals surface area contributed by atoms with Gasteiger partial charge in [0.1, 0.15) is 0 Å². The quantitative estimate of drug-likeness (QED) is 0.766. The normalized spacial score (nSPS) is 11.1. The molecule has 21 heavy (non-hydrogen) atoms. The van der Waals surface area contributed by atoms with Gasteiger partial charge in [-0.3, -0.25) is 4.79 Å². The summed E-state index contributed by atoms with van der Waals surface area (Å²) < 4.78 is 26.6. The summed E-state index contributed by atoms with van der Waals surface area (Å²) in [6.45, 7) is 3.11. The summed E-state index contributed by atoms with van der Waals surface area (Å²) in [5.74, 6) is -2.45. The van der Waals surface area contributed by atoms with Crippen LogP contribution in [0.25, 0.3) is 0 Å². The van der Waals surface area contributed by atoms with Crippen LogP contribution in [0.1, 0.15) is 27.3 Å². The van der Waals surface area contributed by atoms with Crippen LogP contribution in [0.5, 0.6) is 0 Å². The minimum atomic E-state index is -1.07. The van der Waals surface area contributed by atoms with Gasteiger partial charge in [-0.2, -0.15) is 0 Å². The van der Waals surface area contributed by atoms with E-state index in [1.807, 2.05) is 18.9 Å². The van der Waals surface area contributed by atoms with E-state index < -0.39 is 11.6 Å². The highest BCUT2D eigenvalue weighted by Crippen LogP contribution is 2.16. The molecule has 0 aliphatic carbocycles. The molecule has 2 aromatic rings. The molecule has 112 valence electrons. The largest absolute Gasteiger partial charge is 0.301 e. The molecule has 0 amide bonds. The summed E-state index contributed by atoms with van der Waals surface area (Å²) >= 11 is 1.57. The Bertz CT molecular complexity index is 642. The number of aryl methyl sites for hydroxylation is 1. The molecule has 0 spiro atoms. The summed E-state index contributed by atoms with van der Waals surface area (Å²) in [7, 11) is 1.88. The van der Waals surface area contributed by atoms with Crippen molar-refractivity contribution in [3.05, 3.63) is 51.5 Å². The Balaban J connectivity index is 1.92. The molecule has 0 N–H and O–H groups in total. The first-order chi connectivity index (χ1) is 9.99. The highest BCUT2D eigenvalue weighted by molar-refractivity contribution is 7.09. The first-order valence-electron chi connectivity index (χ1n) is 6.53. The van der Waals surface area contributed by atoms with Crippen molar-refractivity contribution in [2.24, 2.45) is 0 Å². The monoisotopic (exact) mass is 310 g/mol. The number of thiazole rings is 1. The molecule has 1 aromatic carbocycles. The maximum atomic E-state index is 13.5. The van der Waals surface area contributed by atoms with Gasteiger partial charge in [0.05, 0.1) is 16.8 Å². The van der Waals surface area contributed by atoms with Gasteiger partial charge in [-0.15, -0.1) is 11.3 Å². The van der Waals surface area contributed by atoms with Crippen LogP contribution in [0.2, 0.25) is 0 Å². The average molecular weight is 310 g/mol. The molecular weight excluding hydrogens is 294 g/mol. The van der Waals surface area contributed by atoms with Crippen molar-refractivity contribution in [1.82, 2.24) is 9.88 Å². The fourth-order valence-corrected chi connectivity index (χ4v) is 2.80. The minimum absolute atomic E-state index is 0.148. The van der Waals surface area contributed by atoms with E-state index in [4.69, 9.17) is 0 Å². The summed E-state index contributed by atoms with van der Waals surface area (Å²) in [6.07, 6.45) is 0.148. The van der Waals surface area contributed by atoms with Crippen molar-refractivity contribution >= 4 is 17.1 Å². The molecule has 2 rings (SSSR count). The van der Waals surface area contributed by atoms with Crippen LogP contribution in [0, 0.1) is 18.6 Å². The van der Waals surface area contributed by atoms with Crippen molar-refractivity contribution in [2.45, 2.75) is 19.9 Å². The second-order valence-electron chi connectivity index (χ2n) is 4.87. The van der Waals surface area contributed by atoms with Crippen LogP contribution in [0.4, 0.5) is 8.78 Å². The maximum absolute atomic E-state index is 13.5. The molecule has 0 bridgehead atoms. The number of carbonyl (C=O) groups excluding carboxylic acids is 1. The smallest absolute Gasteiger partial charge is 0.169 e. The Morgan fingerprint density at radius 1 is 1.38 bits per heavy atom. The number of carbonyl (C=O) groups is 1. The van der Waals surface area contributed by atoms with Gasteiger partial charge in [-0.25, -0.2) is 13.8 Å². The van der Waals surface area contributed by atoms with Crippen LogP contribution >= 0.6 is 11.3 Å². The summed E-state index contributed by atoms with van der Waals surface area (Å²) in [4.78, 5) is 19.2. The molecule has 0 aliphatic rings. The van der Waals surface area contributed by atoms with Gasteiger partial charge < -0.3 is 4.90 Å². The highest BCUT2D eigenvalue weighted by Gasteiger charge is 2.15. The third-order valence-electron chi connectivity index (χ3n) is 3.23. The lowest BCUT2D eigenvalue weighted by Gasteiger charge is -2.15. The third kappa shape index (κ3) is 3.92. The lowest BCUT2D eigenvalue weighted by molar-refractivity contribution is 0.0963. The predicted molar refractivity (Wildman–Crippen MR) is 78.5 cm³/mol. The van der Waals surface area contributed by atoms with E-state index in [-0.39, 0.29) is 17.8 Å². The van der Waals surface area contributed by atoms with E-state index in [0.717, 1.165) is 16.6 Å². The number of nitrogens with zero attached hydrogens (tertiary/aromatic N) is 2. The number of ketones is 1. The van der Waals surface area contributed by atoms with E-state index in [9.17, 15) is 13.6 Å². The number of halogens is 2. The van der Waals surface area contributed by atoms with Crippen molar-refractivity contribution in [1.29, 1.82) is 0 Å². The summed E-state index contributed by atoms with van der Waals surface area (Å²) in [5.41, 5.74) is 2.58. The zero-order chi connectivity index (χ0) is 15.4. The van der Waals surface area contributed by atoms with E-state index in [1.54, 1.807) is 16.8 Å². The van der Waals surface area contributed by atoms with E-state index in [0.29, 0.717) is 13.1 Å². The Labute approximate surface area is 126 Å². The summed E-state index contributed by atoms with van der Waals surface area (Å²) in [5, 5.41) is 0. The number of hydrogen-bond acceptors (Lipinski definition) is 4.